The molecule has 1 aromatic rings. The van der Waals surface area contributed by atoms with Crippen molar-refractivity contribution in [3.8, 4) is 11.5 Å². The zero-order chi connectivity index (χ0) is 12.3. The van der Waals surface area contributed by atoms with Crippen molar-refractivity contribution in [2.24, 2.45) is 5.92 Å². The van der Waals surface area contributed by atoms with Gasteiger partial charge in [-0.2, -0.15) is 0 Å². The first-order valence-electron chi connectivity index (χ1n) is 5.75. The number of carbonyl (C=O) groups excluding carboxylic acids is 1. The van der Waals surface area contributed by atoms with Gasteiger partial charge in [0.2, 0.25) is 0 Å². The molecule has 1 fully saturated rings. The van der Waals surface area contributed by atoms with Gasteiger partial charge in [-0.1, -0.05) is 6.07 Å². The second-order valence-corrected chi connectivity index (χ2v) is 4.19. The molecule has 17 heavy (non-hydrogen) atoms. The molecule has 1 aromatic carbocycles. The Hall–Kier alpha value is -1.71. The van der Waals surface area contributed by atoms with Crippen molar-refractivity contribution in [2.45, 2.75) is 12.8 Å². The molecule has 4 nitrogen and oxygen atoms in total. The summed E-state index contributed by atoms with van der Waals surface area (Å²) in [6, 6.07) is 5.30. The van der Waals surface area contributed by atoms with E-state index in [9.17, 15) is 4.79 Å². The molecule has 1 N–H and O–H groups in total. The van der Waals surface area contributed by atoms with E-state index < -0.39 is 0 Å². The molecular formula is C13H17NO3. The quantitative estimate of drug-likeness (QED) is 0.847. The summed E-state index contributed by atoms with van der Waals surface area (Å²) in [5, 5.41) is 2.91. The largest absolute Gasteiger partial charge is 0.493 e. The SMILES string of the molecule is COc1cccc(C(=O)NCC2CC2)c1OC. The van der Waals surface area contributed by atoms with Crippen LogP contribution in [0.4, 0.5) is 0 Å². The van der Waals surface area contributed by atoms with Crippen LogP contribution in [0.15, 0.2) is 18.2 Å². The maximum atomic E-state index is 12.0. The Labute approximate surface area is 101 Å². The molecule has 92 valence electrons. The van der Waals surface area contributed by atoms with Crippen LogP contribution >= 0.6 is 0 Å². The van der Waals surface area contributed by atoms with Crippen LogP contribution in [-0.4, -0.2) is 26.7 Å². The standard InChI is InChI=1S/C13H17NO3/c1-16-11-5-3-4-10(12(11)17-2)13(15)14-8-9-6-7-9/h3-5,9H,6-8H2,1-2H3,(H,14,15). The van der Waals surface area contributed by atoms with E-state index in [1.54, 1.807) is 25.3 Å². The highest BCUT2D eigenvalue weighted by Gasteiger charge is 2.23. The Kier molecular flexibility index (Phi) is 3.52. The van der Waals surface area contributed by atoms with E-state index in [1.807, 2.05) is 0 Å². The number of rotatable bonds is 5. The molecule has 0 aliphatic heterocycles. The first kappa shape index (κ1) is 11.8. The van der Waals surface area contributed by atoms with Gasteiger partial charge < -0.3 is 14.8 Å². The van der Waals surface area contributed by atoms with E-state index >= 15 is 0 Å². The average Bonchev–Trinajstić information content (AvgIpc) is 3.18. The fraction of sp³-hybridized carbons (Fsp3) is 0.462. The minimum absolute atomic E-state index is 0.104. The second-order valence-electron chi connectivity index (χ2n) is 4.19. The minimum Gasteiger partial charge on any atom is -0.493 e. The lowest BCUT2D eigenvalue weighted by atomic mass is 10.1. The summed E-state index contributed by atoms with van der Waals surface area (Å²) in [4.78, 5) is 12.0. The Bertz CT molecular complexity index is 413. The highest BCUT2D eigenvalue weighted by atomic mass is 16.5. The van der Waals surface area contributed by atoms with Crippen molar-refractivity contribution in [3.63, 3.8) is 0 Å². The lowest BCUT2D eigenvalue weighted by Gasteiger charge is -2.12. The van der Waals surface area contributed by atoms with E-state index in [0.717, 1.165) is 6.54 Å². The molecule has 0 heterocycles. The number of hydrogen-bond donors (Lipinski definition) is 1. The predicted octanol–water partition coefficient (Wildman–Crippen LogP) is 1.84. The molecule has 1 saturated carbocycles. The van der Waals surface area contributed by atoms with Gasteiger partial charge in [0.25, 0.3) is 5.91 Å². The van der Waals surface area contributed by atoms with E-state index in [0.29, 0.717) is 23.0 Å². The Morgan fingerprint density at radius 2 is 2.12 bits per heavy atom. The summed E-state index contributed by atoms with van der Waals surface area (Å²) in [7, 11) is 3.10. The normalized spacial score (nSPS) is 14.2. The van der Waals surface area contributed by atoms with Gasteiger partial charge in [-0.3, -0.25) is 4.79 Å². The second kappa shape index (κ2) is 5.08. The lowest BCUT2D eigenvalue weighted by Crippen LogP contribution is -2.26. The minimum atomic E-state index is -0.104. The number of benzene rings is 1. The summed E-state index contributed by atoms with van der Waals surface area (Å²) < 4.78 is 10.4. The number of methoxy groups -OCH3 is 2. The number of para-hydroxylation sites is 1. The summed E-state index contributed by atoms with van der Waals surface area (Å²) in [5.41, 5.74) is 0.521. The van der Waals surface area contributed by atoms with Crippen molar-refractivity contribution in [2.75, 3.05) is 20.8 Å². The van der Waals surface area contributed by atoms with E-state index in [-0.39, 0.29) is 5.91 Å². The summed E-state index contributed by atoms with van der Waals surface area (Å²) in [5.74, 6) is 1.62. The maximum Gasteiger partial charge on any atom is 0.255 e. The third-order valence-electron chi connectivity index (χ3n) is 2.90. The van der Waals surface area contributed by atoms with Crippen LogP contribution in [0.2, 0.25) is 0 Å². The highest BCUT2D eigenvalue weighted by Crippen LogP contribution is 2.31. The Morgan fingerprint density at radius 1 is 1.35 bits per heavy atom. The van der Waals surface area contributed by atoms with Crippen LogP contribution in [0, 0.1) is 5.92 Å². The van der Waals surface area contributed by atoms with E-state index in [1.165, 1.54) is 20.0 Å². The molecule has 0 radical (unpaired) electrons. The molecule has 1 aliphatic rings. The van der Waals surface area contributed by atoms with Gasteiger partial charge in [0, 0.05) is 6.54 Å². The van der Waals surface area contributed by atoms with E-state index in [2.05, 4.69) is 5.32 Å². The molecule has 1 aliphatic carbocycles. The molecule has 0 spiro atoms. The van der Waals surface area contributed by atoms with Gasteiger partial charge in [-0.25, -0.2) is 0 Å². The van der Waals surface area contributed by atoms with Crippen LogP contribution in [0.5, 0.6) is 11.5 Å². The molecule has 2 rings (SSSR count). The van der Waals surface area contributed by atoms with Crippen molar-refractivity contribution in [1.82, 2.24) is 5.32 Å². The Morgan fingerprint density at radius 3 is 2.71 bits per heavy atom. The van der Waals surface area contributed by atoms with Gasteiger partial charge in [0.15, 0.2) is 11.5 Å². The smallest absolute Gasteiger partial charge is 0.255 e. The number of amides is 1. The van der Waals surface area contributed by atoms with E-state index in [4.69, 9.17) is 9.47 Å². The fourth-order valence-corrected chi connectivity index (χ4v) is 1.72. The maximum absolute atomic E-state index is 12.0. The topological polar surface area (TPSA) is 47.6 Å². The monoisotopic (exact) mass is 235 g/mol. The molecule has 0 unspecified atom stereocenters. The zero-order valence-corrected chi connectivity index (χ0v) is 10.2. The van der Waals surface area contributed by atoms with Gasteiger partial charge in [0.1, 0.15) is 0 Å². The van der Waals surface area contributed by atoms with Gasteiger partial charge in [-0.05, 0) is 30.9 Å². The molecule has 0 saturated heterocycles. The first-order valence-corrected chi connectivity index (χ1v) is 5.75. The molecular weight excluding hydrogens is 218 g/mol. The molecule has 0 atom stereocenters. The van der Waals surface area contributed by atoms with Gasteiger partial charge >= 0.3 is 0 Å². The van der Waals surface area contributed by atoms with Crippen molar-refractivity contribution in [1.29, 1.82) is 0 Å². The summed E-state index contributed by atoms with van der Waals surface area (Å²) in [6.07, 6.45) is 2.44. The van der Waals surface area contributed by atoms with Crippen LogP contribution in [0.1, 0.15) is 23.2 Å². The van der Waals surface area contributed by atoms with Gasteiger partial charge in [-0.15, -0.1) is 0 Å². The average molecular weight is 235 g/mol. The van der Waals surface area contributed by atoms with Crippen molar-refractivity contribution >= 4 is 5.91 Å². The first-order chi connectivity index (χ1) is 8.26. The summed E-state index contributed by atoms with van der Waals surface area (Å²) >= 11 is 0. The zero-order valence-electron chi connectivity index (χ0n) is 10.2. The number of nitrogens with one attached hydrogen (secondary N) is 1. The fourth-order valence-electron chi connectivity index (χ4n) is 1.72. The molecule has 1 amide bonds. The molecule has 4 heteroatoms. The molecule has 0 bridgehead atoms. The summed E-state index contributed by atoms with van der Waals surface area (Å²) in [6.45, 7) is 0.749. The van der Waals surface area contributed by atoms with Crippen LogP contribution < -0.4 is 14.8 Å². The van der Waals surface area contributed by atoms with Crippen molar-refractivity contribution < 1.29 is 14.3 Å². The van der Waals surface area contributed by atoms with Crippen molar-refractivity contribution in [3.05, 3.63) is 23.8 Å². The Balaban J connectivity index is 2.14. The van der Waals surface area contributed by atoms with Crippen LogP contribution in [0.3, 0.4) is 0 Å². The van der Waals surface area contributed by atoms with Gasteiger partial charge in [0.05, 0.1) is 19.8 Å². The third kappa shape index (κ3) is 2.70. The highest BCUT2D eigenvalue weighted by molar-refractivity contribution is 5.97. The van der Waals surface area contributed by atoms with Crippen LogP contribution in [-0.2, 0) is 0 Å². The lowest BCUT2D eigenvalue weighted by molar-refractivity contribution is 0.0948. The number of ether oxygens (including phenoxy) is 2. The predicted molar refractivity (Wildman–Crippen MR) is 64.6 cm³/mol. The third-order valence-corrected chi connectivity index (χ3v) is 2.90. The number of carbonyl (C=O) groups is 1. The molecule has 0 aromatic heterocycles. The number of hydrogen-bond acceptors (Lipinski definition) is 3. The van der Waals surface area contributed by atoms with Crippen LogP contribution in [0.25, 0.3) is 0 Å².